The van der Waals surface area contributed by atoms with Crippen molar-refractivity contribution in [2.75, 3.05) is 0 Å². The maximum absolute atomic E-state index is 13.2. The Morgan fingerprint density at radius 3 is 1.93 bits per heavy atom. The van der Waals surface area contributed by atoms with Gasteiger partial charge in [-0.1, -0.05) is 88.0 Å². The van der Waals surface area contributed by atoms with Gasteiger partial charge in [0.05, 0.1) is 12.0 Å². The van der Waals surface area contributed by atoms with Crippen LogP contribution in [0.2, 0.25) is 0 Å². The molecule has 0 aromatic carbocycles. The monoisotopic (exact) mass is 382 g/mol. The van der Waals surface area contributed by atoms with E-state index in [2.05, 4.69) is 62.3 Å². The molecular weight excluding hydrogens is 336 g/mol. The first-order chi connectivity index (χ1) is 12.2. The Kier molecular flexibility index (Phi) is 8.85. The molecule has 1 aliphatic rings. The minimum absolute atomic E-state index is 0.0827. The van der Waals surface area contributed by atoms with E-state index in [1.54, 1.807) is 0 Å². The first kappa shape index (κ1) is 24.5. The van der Waals surface area contributed by atoms with Gasteiger partial charge in [0.1, 0.15) is 0 Å². The lowest BCUT2D eigenvalue weighted by molar-refractivity contribution is -0.208. The van der Waals surface area contributed by atoms with Gasteiger partial charge in [0.15, 0.2) is 0 Å². The average molecular weight is 383 g/mol. The van der Waals surface area contributed by atoms with Crippen molar-refractivity contribution in [3.8, 4) is 0 Å². The fourth-order valence-corrected chi connectivity index (χ4v) is 3.70. The average Bonchev–Trinajstić information content (AvgIpc) is 2.51. The second-order valence-corrected chi connectivity index (χ2v) is 11.7. The number of esters is 1. The number of carbonyl (C=O) groups excluding carboxylic acids is 1. The summed E-state index contributed by atoms with van der Waals surface area (Å²) in [6, 6.07) is 0. The largest absolute Gasteiger partial charge is 0.435 e. The summed E-state index contributed by atoms with van der Waals surface area (Å²) in [5.74, 6) is -0.218. The number of hydrogen-bond acceptors (Lipinski definition) is 3. The SMILES string of the molecule is CCC(C)(C)CC(OC(=O)C(CC(C)(C)C)C(C)(C)C)OC1CCCCC1. The topological polar surface area (TPSA) is 35.5 Å². The van der Waals surface area contributed by atoms with Crippen LogP contribution in [0.4, 0.5) is 0 Å². The van der Waals surface area contributed by atoms with Crippen LogP contribution in [-0.4, -0.2) is 18.4 Å². The quantitative estimate of drug-likeness (QED) is 0.331. The maximum atomic E-state index is 13.2. The van der Waals surface area contributed by atoms with E-state index < -0.39 is 6.29 Å². The summed E-state index contributed by atoms with van der Waals surface area (Å²) in [4.78, 5) is 13.2. The summed E-state index contributed by atoms with van der Waals surface area (Å²) in [5.41, 5.74) is 0.0558. The van der Waals surface area contributed by atoms with E-state index in [1.807, 2.05) is 0 Å². The molecule has 1 rings (SSSR count). The molecule has 0 radical (unpaired) electrons. The molecule has 160 valence electrons. The van der Waals surface area contributed by atoms with E-state index in [0.29, 0.717) is 0 Å². The molecule has 2 atom stereocenters. The Labute approximate surface area is 169 Å². The predicted octanol–water partition coefficient (Wildman–Crippen LogP) is 7.13. The molecule has 1 aliphatic carbocycles. The lowest BCUT2D eigenvalue weighted by Gasteiger charge is -2.37. The van der Waals surface area contributed by atoms with E-state index in [0.717, 1.165) is 32.1 Å². The molecule has 0 aliphatic heterocycles. The third-order valence-electron chi connectivity index (χ3n) is 5.97. The van der Waals surface area contributed by atoms with Crippen LogP contribution in [0.1, 0.15) is 114 Å². The van der Waals surface area contributed by atoms with Crippen molar-refractivity contribution in [3.63, 3.8) is 0 Å². The second-order valence-electron chi connectivity index (χ2n) is 11.7. The standard InChI is InChI=1S/C24H46O3/c1-10-24(8,9)17-20(26-18-14-12-11-13-15-18)27-21(25)19(23(5,6)7)16-22(2,3)4/h18-20H,10-17H2,1-9H3. The molecule has 1 saturated carbocycles. The fourth-order valence-electron chi connectivity index (χ4n) is 3.70. The molecule has 0 bridgehead atoms. The van der Waals surface area contributed by atoms with Crippen molar-refractivity contribution in [1.82, 2.24) is 0 Å². The van der Waals surface area contributed by atoms with Gasteiger partial charge in [-0.2, -0.15) is 0 Å². The lowest BCUT2D eigenvalue weighted by atomic mass is 9.72. The molecule has 0 heterocycles. The van der Waals surface area contributed by atoms with Gasteiger partial charge >= 0.3 is 5.97 Å². The molecule has 0 spiro atoms. The molecule has 0 amide bonds. The molecule has 0 saturated heterocycles. The highest BCUT2D eigenvalue weighted by Gasteiger charge is 2.38. The maximum Gasteiger partial charge on any atom is 0.311 e. The van der Waals surface area contributed by atoms with Crippen LogP contribution in [0.15, 0.2) is 0 Å². The van der Waals surface area contributed by atoms with Gasteiger partial charge in [-0.15, -0.1) is 0 Å². The first-order valence-electron chi connectivity index (χ1n) is 11.1. The summed E-state index contributed by atoms with van der Waals surface area (Å²) in [5, 5.41) is 0. The van der Waals surface area contributed by atoms with E-state index >= 15 is 0 Å². The van der Waals surface area contributed by atoms with E-state index in [9.17, 15) is 4.79 Å². The van der Waals surface area contributed by atoms with E-state index in [-0.39, 0.29) is 34.2 Å². The van der Waals surface area contributed by atoms with Gasteiger partial charge in [0, 0.05) is 6.42 Å². The van der Waals surface area contributed by atoms with E-state index in [4.69, 9.17) is 9.47 Å². The predicted molar refractivity (Wildman–Crippen MR) is 114 cm³/mol. The van der Waals surface area contributed by atoms with Crippen LogP contribution < -0.4 is 0 Å². The van der Waals surface area contributed by atoms with Crippen molar-refractivity contribution >= 4 is 5.97 Å². The van der Waals surface area contributed by atoms with Crippen molar-refractivity contribution in [2.24, 2.45) is 22.2 Å². The van der Waals surface area contributed by atoms with E-state index in [1.165, 1.54) is 19.3 Å². The summed E-state index contributed by atoms with van der Waals surface area (Å²) in [6.07, 6.45) is 8.34. The van der Waals surface area contributed by atoms with Gasteiger partial charge in [0.25, 0.3) is 0 Å². The Bertz CT molecular complexity index is 447. The molecule has 0 N–H and O–H groups in total. The Balaban J connectivity index is 2.90. The highest BCUT2D eigenvalue weighted by atomic mass is 16.7. The number of carbonyl (C=O) groups is 1. The van der Waals surface area contributed by atoms with Gasteiger partial charge in [0.2, 0.25) is 6.29 Å². The molecule has 0 aromatic heterocycles. The molecule has 0 aromatic rings. The summed E-state index contributed by atoms with van der Waals surface area (Å²) in [7, 11) is 0. The van der Waals surface area contributed by atoms with Crippen LogP contribution in [0.5, 0.6) is 0 Å². The fraction of sp³-hybridized carbons (Fsp3) is 0.958. The summed E-state index contributed by atoms with van der Waals surface area (Å²) in [6.45, 7) is 19.6. The molecule has 3 nitrogen and oxygen atoms in total. The molecule has 1 fully saturated rings. The van der Waals surface area contributed by atoms with Crippen molar-refractivity contribution in [1.29, 1.82) is 0 Å². The molecule has 27 heavy (non-hydrogen) atoms. The Morgan fingerprint density at radius 2 is 1.48 bits per heavy atom. The van der Waals surface area contributed by atoms with Gasteiger partial charge in [-0.3, -0.25) is 4.79 Å². The second kappa shape index (κ2) is 9.76. The zero-order valence-electron chi connectivity index (χ0n) is 19.6. The van der Waals surface area contributed by atoms with Crippen molar-refractivity contribution in [3.05, 3.63) is 0 Å². The lowest BCUT2D eigenvalue weighted by Crippen LogP contribution is -2.38. The first-order valence-corrected chi connectivity index (χ1v) is 11.1. The third-order valence-corrected chi connectivity index (χ3v) is 5.97. The molecular formula is C24H46O3. The van der Waals surface area contributed by atoms with Crippen LogP contribution in [0, 0.1) is 22.2 Å². The number of hydrogen-bond donors (Lipinski definition) is 0. The summed E-state index contributed by atoms with van der Waals surface area (Å²) >= 11 is 0. The van der Waals surface area contributed by atoms with Crippen molar-refractivity contribution in [2.45, 2.75) is 126 Å². The minimum atomic E-state index is -0.430. The number of ether oxygens (including phenoxy) is 2. The zero-order chi connectivity index (χ0) is 20.9. The zero-order valence-corrected chi connectivity index (χ0v) is 19.6. The molecule has 2 unspecified atom stereocenters. The van der Waals surface area contributed by atoms with Gasteiger partial charge in [-0.25, -0.2) is 0 Å². The van der Waals surface area contributed by atoms with Crippen LogP contribution in [-0.2, 0) is 14.3 Å². The van der Waals surface area contributed by atoms with Gasteiger partial charge in [-0.05, 0) is 35.5 Å². The van der Waals surface area contributed by atoms with Gasteiger partial charge < -0.3 is 9.47 Å². The van der Waals surface area contributed by atoms with Crippen molar-refractivity contribution < 1.29 is 14.3 Å². The molecule has 3 heteroatoms. The smallest absolute Gasteiger partial charge is 0.311 e. The van der Waals surface area contributed by atoms with Crippen LogP contribution in [0.3, 0.4) is 0 Å². The Hall–Kier alpha value is -0.570. The summed E-state index contributed by atoms with van der Waals surface area (Å²) < 4.78 is 12.4. The number of rotatable bonds is 8. The highest BCUT2D eigenvalue weighted by molar-refractivity contribution is 5.73. The van der Waals surface area contributed by atoms with Crippen LogP contribution >= 0.6 is 0 Å². The van der Waals surface area contributed by atoms with Crippen LogP contribution in [0.25, 0.3) is 0 Å². The normalized spacial score (nSPS) is 19.6. The Morgan fingerprint density at radius 1 is 0.926 bits per heavy atom. The highest BCUT2D eigenvalue weighted by Crippen LogP contribution is 2.38. The third kappa shape index (κ3) is 9.45. The minimum Gasteiger partial charge on any atom is -0.435 e.